The zero-order valence-electron chi connectivity index (χ0n) is 15.7. The summed E-state index contributed by atoms with van der Waals surface area (Å²) in [6, 6.07) is 3.33. The number of alkyl halides is 3. The number of rotatable bonds is 9. The van der Waals surface area contributed by atoms with E-state index >= 15 is 0 Å². The van der Waals surface area contributed by atoms with Gasteiger partial charge in [-0.1, -0.05) is 12.5 Å². The van der Waals surface area contributed by atoms with E-state index in [1.165, 1.54) is 12.6 Å². The van der Waals surface area contributed by atoms with E-state index in [2.05, 4.69) is 20.6 Å². The minimum Gasteiger partial charge on any atom is -0.468 e. The van der Waals surface area contributed by atoms with Crippen LogP contribution in [0, 0.1) is 5.41 Å². The zero-order chi connectivity index (χ0) is 19.8. The first-order valence-electron chi connectivity index (χ1n) is 8.94. The van der Waals surface area contributed by atoms with Crippen LogP contribution in [0.4, 0.5) is 13.2 Å². The van der Waals surface area contributed by atoms with E-state index in [0.29, 0.717) is 11.5 Å². The summed E-state index contributed by atoms with van der Waals surface area (Å²) in [4.78, 5) is 8.07. The summed E-state index contributed by atoms with van der Waals surface area (Å²) in [6.07, 6.45) is 1.51. The standard InChI is InChI=1S/C18H27F3N4O2/c1-22-16(25-12-17(6-4-7-17)8-10-26-2)24-11-14-5-3-9-23-15(14)27-13-18(19,20)21/h3,5,9H,4,6-8,10-13H2,1-2H3,(H2,22,24,25). The SMILES string of the molecule is CN=C(NCc1cccnc1OCC(F)(F)F)NCC1(CCOC)CCC1. The van der Waals surface area contributed by atoms with Gasteiger partial charge in [0.05, 0.1) is 0 Å². The van der Waals surface area contributed by atoms with E-state index in [9.17, 15) is 13.2 Å². The van der Waals surface area contributed by atoms with E-state index in [1.54, 1.807) is 26.3 Å². The lowest BCUT2D eigenvalue weighted by Crippen LogP contribution is -2.46. The van der Waals surface area contributed by atoms with Crippen molar-refractivity contribution in [3.63, 3.8) is 0 Å². The summed E-state index contributed by atoms with van der Waals surface area (Å²) >= 11 is 0. The molecule has 0 saturated heterocycles. The molecule has 1 fully saturated rings. The van der Waals surface area contributed by atoms with Gasteiger partial charge in [-0.2, -0.15) is 13.2 Å². The van der Waals surface area contributed by atoms with Gasteiger partial charge in [-0.05, 0) is 30.7 Å². The Morgan fingerprint density at radius 2 is 2.11 bits per heavy atom. The van der Waals surface area contributed by atoms with Gasteiger partial charge in [-0.25, -0.2) is 4.98 Å². The topological polar surface area (TPSA) is 67.8 Å². The van der Waals surface area contributed by atoms with Crippen molar-refractivity contribution in [3.8, 4) is 5.88 Å². The molecule has 152 valence electrons. The van der Waals surface area contributed by atoms with Gasteiger partial charge < -0.3 is 20.1 Å². The van der Waals surface area contributed by atoms with E-state index in [1.807, 2.05) is 0 Å². The number of nitrogens with one attached hydrogen (secondary N) is 2. The molecule has 0 atom stereocenters. The van der Waals surface area contributed by atoms with Crippen molar-refractivity contribution in [2.45, 2.75) is 38.4 Å². The molecule has 1 heterocycles. The molecule has 0 bridgehead atoms. The molecule has 0 aromatic carbocycles. The first-order chi connectivity index (χ1) is 12.9. The first kappa shape index (κ1) is 21.3. The van der Waals surface area contributed by atoms with Crippen molar-refractivity contribution >= 4 is 5.96 Å². The highest BCUT2D eigenvalue weighted by Crippen LogP contribution is 2.43. The minimum absolute atomic E-state index is 0.0339. The Bertz CT molecular complexity index is 619. The summed E-state index contributed by atoms with van der Waals surface area (Å²) in [5, 5.41) is 6.42. The molecule has 2 rings (SSSR count). The average Bonchev–Trinajstić information content (AvgIpc) is 2.61. The highest BCUT2D eigenvalue weighted by Gasteiger charge is 2.36. The number of guanidine groups is 1. The van der Waals surface area contributed by atoms with Crippen LogP contribution in [0.5, 0.6) is 5.88 Å². The fourth-order valence-corrected chi connectivity index (χ4v) is 3.02. The van der Waals surface area contributed by atoms with E-state index in [0.717, 1.165) is 32.4 Å². The summed E-state index contributed by atoms with van der Waals surface area (Å²) in [6.45, 7) is 0.390. The van der Waals surface area contributed by atoms with Gasteiger partial charge in [-0.15, -0.1) is 0 Å². The summed E-state index contributed by atoms with van der Waals surface area (Å²) < 4.78 is 47.1. The highest BCUT2D eigenvalue weighted by atomic mass is 19.4. The van der Waals surface area contributed by atoms with Gasteiger partial charge in [-0.3, -0.25) is 4.99 Å². The smallest absolute Gasteiger partial charge is 0.422 e. The molecular weight excluding hydrogens is 361 g/mol. The van der Waals surface area contributed by atoms with Crippen LogP contribution in [0.1, 0.15) is 31.2 Å². The summed E-state index contributed by atoms with van der Waals surface area (Å²) in [7, 11) is 3.36. The number of hydrogen-bond donors (Lipinski definition) is 2. The minimum atomic E-state index is -4.40. The van der Waals surface area contributed by atoms with Crippen molar-refractivity contribution in [2.24, 2.45) is 10.4 Å². The lowest BCUT2D eigenvalue weighted by molar-refractivity contribution is -0.154. The normalized spacial score (nSPS) is 16.6. The Hall–Kier alpha value is -2.03. The van der Waals surface area contributed by atoms with E-state index in [-0.39, 0.29) is 17.8 Å². The monoisotopic (exact) mass is 388 g/mol. The van der Waals surface area contributed by atoms with Gasteiger partial charge in [0, 0.05) is 45.6 Å². The molecule has 1 aliphatic rings. The first-order valence-corrected chi connectivity index (χ1v) is 8.94. The molecule has 9 heteroatoms. The predicted octanol–water partition coefficient (Wildman–Crippen LogP) is 2.89. The predicted molar refractivity (Wildman–Crippen MR) is 96.8 cm³/mol. The Morgan fingerprint density at radius 3 is 2.70 bits per heavy atom. The van der Waals surface area contributed by atoms with Crippen molar-refractivity contribution in [2.75, 3.05) is 33.9 Å². The molecule has 0 aliphatic heterocycles. The number of methoxy groups -OCH3 is 1. The quantitative estimate of drug-likeness (QED) is 0.503. The fraction of sp³-hybridized carbons (Fsp3) is 0.667. The Kier molecular flexibility index (Phi) is 7.70. The van der Waals surface area contributed by atoms with Gasteiger partial charge >= 0.3 is 6.18 Å². The van der Waals surface area contributed by atoms with Crippen LogP contribution < -0.4 is 15.4 Å². The third kappa shape index (κ3) is 6.89. The average molecular weight is 388 g/mol. The van der Waals surface area contributed by atoms with Gasteiger partial charge in [0.2, 0.25) is 5.88 Å². The number of aromatic nitrogens is 1. The van der Waals surface area contributed by atoms with Crippen molar-refractivity contribution in [3.05, 3.63) is 23.9 Å². The van der Waals surface area contributed by atoms with Crippen molar-refractivity contribution in [1.29, 1.82) is 0 Å². The number of nitrogens with zero attached hydrogens (tertiary/aromatic N) is 2. The van der Waals surface area contributed by atoms with Crippen LogP contribution in [0.2, 0.25) is 0 Å². The van der Waals surface area contributed by atoms with Gasteiger partial charge in [0.1, 0.15) is 0 Å². The molecule has 1 aromatic rings. The number of ether oxygens (including phenoxy) is 2. The van der Waals surface area contributed by atoms with Crippen LogP contribution >= 0.6 is 0 Å². The molecule has 27 heavy (non-hydrogen) atoms. The molecule has 1 saturated carbocycles. The molecule has 0 radical (unpaired) electrons. The van der Waals surface area contributed by atoms with Crippen LogP contribution in [-0.4, -0.2) is 51.0 Å². The van der Waals surface area contributed by atoms with Gasteiger partial charge in [0.25, 0.3) is 0 Å². The maximum atomic E-state index is 12.4. The number of pyridine rings is 1. The maximum absolute atomic E-state index is 12.4. The number of aliphatic imine (C=N–C) groups is 1. The lowest BCUT2D eigenvalue weighted by Gasteiger charge is -2.42. The Balaban J connectivity index is 1.87. The third-order valence-electron chi connectivity index (χ3n) is 4.77. The molecule has 6 nitrogen and oxygen atoms in total. The lowest BCUT2D eigenvalue weighted by atomic mass is 9.67. The van der Waals surface area contributed by atoms with Crippen LogP contribution in [-0.2, 0) is 11.3 Å². The summed E-state index contributed by atoms with van der Waals surface area (Å²) in [5.41, 5.74) is 0.755. The second kappa shape index (κ2) is 9.77. The largest absolute Gasteiger partial charge is 0.468 e. The molecular formula is C18H27F3N4O2. The number of hydrogen-bond acceptors (Lipinski definition) is 4. The van der Waals surface area contributed by atoms with Crippen molar-refractivity contribution in [1.82, 2.24) is 15.6 Å². The summed E-state index contributed by atoms with van der Waals surface area (Å²) in [5.74, 6) is 0.553. The molecule has 0 amide bonds. The Labute approximate surface area is 157 Å². The highest BCUT2D eigenvalue weighted by molar-refractivity contribution is 5.79. The molecule has 1 aromatic heterocycles. The Morgan fingerprint density at radius 1 is 1.33 bits per heavy atom. The second-order valence-electron chi connectivity index (χ2n) is 6.75. The van der Waals surface area contributed by atoms with Crippen LogP contribution in [0.15, 0.2) is 23.3 Å². The molecule has 0 spiro atoms. The van der Waals surface area contributed by atoms with Crippen molar-refractivity contribution < 1.29 is 22.6 Å². The molecule has 2 N–H and O–H groups in total. The van der Waals surface area contributed by atoms with Crippen LogP contribution in [0.3, 0.4) is 0 Å². The molecule has 1 aliphatic carbocycles. The molecule has 0 unspecified atom stereocenters. The van der Waals surface area contributed by atoms with Crippen LogP contribution in [0.25, 0.3) is 0 Å². The van der Waals surface area contributed by atoms with E-state index < -0.39 is 12.8 Å². The van der Waals surface area contributed by atoms with Gasteiger partial charge in [0.15, 0.2) is 12.6 Å². The maximum Gasteiger partial charge on any atom is 0.422 e. The van der Waals surface area contributed by atoms with E-state index in [4.69, 9.17) is 9.47 Å². The number of halogens is 3. The second-order valence-corrected chi connectivity index (χ2v) is 6.75. The fourth-order valence-electron chi connectivity index (χ4n) is 3.02. The third-order valence-corrected chi connectivity index (χ3v) is 4.77. The zero-order valence-corrected chi connectivity index (χ0v) is 15.7.